The normalized spacial score (nSPS) is 12.5. The molecule has 5 rings (SSSR count). The highest BCUT2D eigenvalue weighted by molar-refractivity contribution is 7.68. The van der Waals surface area contributed by atoms with Gasteiger partial charge < -0.3 is 0 Å². The van der Waals surface area contributed by atoms with Crippen LogP contribution in [0.4, 0.5) is 0 Å². The zero-order valence-corrected chi connectivity index (χ0v) is 16.0. The van der Waals surface area contributed by atoms with E-state index in [1.165, 1.54) is 42.6 Å². The van der Waals surface area contributed by atoms with Crippen LogP contribution in [0.3, 0.4) is 0 Å². The van der Waals surface area contributed by atoms with E-state index in [4.69, 9.17) is 0 Å². The van der Waals surface area contributed by atoms with Crippen molar-refractivity contribution < 1.29 is 0 Å². The van der Waals surface area contributed by atoms with Crippen LogP contribution in [0.2, 0.25) is 0 Å². The molecule has 0 nitrogen and oxygen atoms in total. The Morgan fingerprint density at radius 3 is 2.15 bits per heavy atom. The minimum Gasteiger partial charge on any atom is -0.0766 e. The Morgan fingerprint density at radius 2 is 1.31 bits per heavy atom. The largest absolute Gasteiger partial charge is 0.0766 e. The van der Waals surface area contributed by atoms with E-state index in [2.05, 4.69) is 98.8 Å². The Bertz CT molecular complexity index is 1250. The van der Waals surface area contributed by atoms with E-state index < -0.39 is 7.53 Å². The second-order valence-electron chi connectivity index (χ2n) is 7.28. The maximum Gasteiger partial charge on any atom is 0.00713 e. The van der Waals surface area contributed by atoms with Crippen molar-refractivity contribution in [2.45, 2.75) is 19.8 Å². The van der Waals surface area contributed by atoms with Gasteiger partial charge in [0.1, 0.15) is 0 Å². The summed E-state index contributed by atoms with van der Waals surface area (Å²) in [5.41, 5.74) is 1.43. The first-order valence-electron chi connectivity index (χ1n) is 9.25. The zero-order chi connectivity index (χ0) is 17.7. The fraction of sp³-hybridized carbons (Fsp3) is 0.120. The molecular formula is C25H21P. The molecule has 0 aliphatic heterocycles. The zero-order valence-electron chi connectivity index (χ0n) is 15.1. The molecule has 1 unspecified atom stereocenters. The topological polar surface area (TPSA) is 0 Å². The average Bonchev–Trinajstić information content (AvgIpc) is 3.01. The lowest BCUT2D eigenvalue weighted by atomic mass is 10.0. The number of rotatable bonds is 2. The second kappa shape index (κ2) is 6.01. The van der Waals surface area contributed by atoms with Gasteiger partial charge in [0.2, 0.25) is 0 Å². The van der Waals surface area contributed by atoms with Crippen LogP contribution in [0.15, 0.2) is 84.9 Å². The Labute approximate surface area is 155 Å². The number of hydrogen-bond donors (Lipinski definition) is 0. The maximum absolute atomic E-state index is 2.47. The van der Waals surface area contributed by atoms with Crippen molar-refractivity contribution in [2.24, 2.45) is 0 Å². The summed E-state index contributed by atoms with van der Waals surface area (Å²) in [4.78, 5) is 0. The molecule has 5 aromatic rings. The van der Waals surface area contributed by atoms with Crippen LogP contribution >= 0.6 is 7.53 Å². The van der Waals surface area contributed by atoms with E-state index >= 15 is 0 Å². The summed E-state index contributed by atoms with van der Waals surface area (Å²) in [6.45, 7) is 4.56. The van der Waals surface area contributed by atoms with Gasteiger partial charge in [0, 0.05) is 15.5 Å². The highest BCUT2D eigenvalue weighted by Gasteiger charge is 2.15. The molecule has 0 radical (unpaired) electrons. The van der Waals surface area contributed by atoms with E-state index in [1.807, 2.05) is 0 Å². The number of fused-ring (bicyclic) bond motifs is 4. The Morgan fingerprint density at radius 1 is 0.615 bits per heavy atom. The first-order valence-corrected chi connectivity index (χ1v) is 10.6. The van der Waals surface area contributed by atoms with Crippen molar-refractivity contribution in [3.05, 3.63) is 90.5 Å². The van der Waals surface area contributed by atoms with Crippen molar-refractivity contribution in [3.63, 3.8) is 0 Å². The average molecular weight is 352 g/mol. The lowest BCUT2D eigenvalue weighted by molar-refractivity contribution is 0.869. The first-order chi connectivity index (χ1) is 12.7. The van der Waals surface area contributed by atoms with Gasteiger partial charge in [0.15, 0.2) is 0 Å². The third-order valence-electron chi connectivity index (χ3n) is 5.37. The van der Waals surface area contributed by atoms with Crippen LogP contribution in [-0.4, -0.2) is 0 Å². The van der Waals surface area contributed by atoms with Crippen LogP contribution in [0, 0.1) is 0 Å². The molecule has 0 aliphatic rings. The van der Waals surface area contributed by atoms with E-state index in [0.717, 1.165) is 0 Å². The standard InChI is InChI=1S/C25H21P/c1-17(2)19-14-15-22-21-11-5-6-12-24(21)26(25(22)16-19)23-13-7-9-18-8-3-4-10-20(18)23/h3-17H,1-2H3. The first kappa shape index (κ1) is 15.7. The van der Waals surface area contributed by atoms with Crippen LogP contribution in [0.5, 0.6) is 0 Å². The molecule has 26 heavy (non-hydrogen) atoms. The summed E-state index contributed by atoms with van der Waals surface area (Å²) in [7, 11) is -0.513. The summed E-state index contributed by atoms with van der Waals surface area (Å²) in [6.07, 6.45) is 0. The smallest absolute Gasteiger partial charge is 0.00713 e. The molecule has 0 amide bonds. The number of benzene rings is 4. The van der Waals surface area contributed by atoms with E-state index in [9.17, 15) is 0 Å². The van der Waals surface area contributed by atoms with E-state index in [-0.39, 0.29) is 0 Å². The SMILES string of the molecule is CC(C)c1ccc2c3ccccc3p(-c3cccc4ccccc34)c2c1. The van der Waals surface area contributed by atoms with Gasteiger partial charge in [-0.2, -0.15) is 0 Å². The maximum atomic E-state index is 2.47. The molecule has 1 aromatic heterocycles. The molecule has 1 atom stereocenters. The molecule has 0 bridgehead atoms. The summed E-state index contributed by atoms with van der Waals surface area (Å²) in [6, 6.07) is 31.7. The van der Waals surface area contributed by atoms with E-state index in [0.29, 0.717) is 5.92 Å². The predicted molar refractivity (Wildman–Crippen MR) is 117 cm³/mol. The van der Waals surface area contributed by atoms with Crippen molar-refractivity contribution in [2.75, 3.05) is 0 Å². The molecule has 1 heterocycles. The molecule has 0 saturated carbocycles. The predicted octanol–water partition coefficient (Wildman–Crippen LogP) is 8.25. The highest BCUT2D eigenvalue weighted by Crippen LogP contribution is 2.57. The van der Waals surface area contributed by atoms with Gasteiger partial charge in [-0.15, -0.1) is 0 Å². The lowest BCUT2D eigenvalue weighted by Gasteiger charge is -2.10. The summed E-state index contributed by atoms with van der Waals surface area (Å²) in [5.74, 6) is 0.549. The van der Waals surface area contributed by atoms with Crippen molar-refractivity contribution in [1.82, 2.24) is 0 Å². The van der Waals surface area contributed by atoms with Crippen molar-refractivity contribution >= 4 is 39.3 Å². The Hall–Kier alpha value is -2.56. The van der Waals surface area contributed by atoms with Gasteiger partial charge in [0.05, 0.1) is 0 Å². The molecule has 4 aromatic carbocycles. The van der Waals surface area contributed by atoms with Gasteiger partial charge in [0.25, 0.3) is 0 Å². The quantitative estimate of drug-likeness (QED) is 0.300. The fourth-order valence-electron chi connectivity index (χ4n) is 4.01. The molecule has 0 aliphatic carbocycles. The summed E-state index contributed by atoms with van der Waals surface area (Å²) in [5, 5.41) is 10.0. The van der Waals surface area contributed by atoms with Crippen LogP contribution in [-0.2, 0) is 0 Å². The lowest BCUT2D eigenvalue weighted by Crippen LogP contribution is -1.85. The van der Waals surface area contributed by atoms with Crippen LogP contribution in [0.1, 0.15) is 25.3 Å². The molecular weight excluding hydrogens is 331 g/mol. The van der Waals surface area contributed by atoms with E-state index in [1.54, 1.807) is 0 Å². The van der Waals surface area contributed by atoms with Gasteiger partial charge in [-0.25, -0.2) is 0 Å². The van der Waals surface area contributed by atoms with Crippen LogP contribution in [0.25, 0.3) is 37.1 Å². The molecule has 126 valence electrons. The van der Waals surface area contributed by atoms with Gasteiger partial charge >= 0.3 is 0 Å². The molecule has 0 fully saturated rings. The summed E-state index contributed by atoms with van der Waals surface area (Å²) < 4.78 is 0. The van der Waals surface area contributed by atoms with Gasteiger partial charge in [-0.05, 0) is 45.2 Å². The highest BCUT2D eigenvalue weighted by atomic mass is 31.1. The number of hydrogen-bond acceptors (Lipinski definition) is 0. The minimum absolute atomic E-state index is 0.513. The van der Waals surface area contributed by atoms with Gasteiger partial charge in [-0.3, -0.25) is 0 Å². The molecule has 0 spiro atoms. The van der Waals surface area contributed by atoms with Crippen molar-refractivity contribution in [3.8, 4) is 5.30 Å². The van der Waals surface area contributed by atoms with Gasteiger partial charge in [-0.1, -0.05) is 94.2 Å². The Kier molecular flexibility index (Phi) is 3.62. The Balaban J connectivity index is 1.98. The minimum atomic E-state index is -0.513. The second-order valence-corrected chi connectivity index (χ2v) is 9.40. The molecule has 1 heteroatoms. The fourth-order valence-corrected chi connectivity index (χ4v) is 6.85. The van der Waals surface area contributed by atoms with Crippen molar-refractivity contribution in [1.29, 1.82) is 0 Å². The summed E-state index contributed by atoms with van der Waals surface area (Å²) >= 11 is 0. The molecule has 0 N–H and O–H groups in total. The third-order valence-corrected chi connectivity index (χ3v) is 7.97. The van der Waals surface area contributed by atoms with Crippen LogP contribution < -0.4 is 0 Å². The molecule has 0 saturated heterocycles. The third kappa shape index (κ3) is 2.30. The monoisotopic (exact) mass is 352 g/mol.